The zero-order chi connectivity index (χ0) is 8.27. The van der Waals surface area contributed by atoms with Gasteiger partial charge in [0.2, 0.25) is 0 Å². The number of hydrogen-bond donors (Lipinski definition) is 1. The number of halogens is 1. The standard InChI is InChI=1S/C8H17FNP/c1-10-11(2)6-7-4-3-5-8(7)9/h7-8,10H,3-6H2,1-2H3. The number of nitrogens with one attached hydrogen (secondary N) is 1. The van der Waals surface area contributed by atoms with E-state index in [2.05, 4.69) is 11.8 Å². The first-order valence-electron chi connectivity index (χ1n) is 4.26. The van der Waals surface area contributed by atoms with E-state index in [0.717, 1.165) is 25.4 Å². The van der Waals surface area contributed by atoms with Crippen LogP contribution < -0.4 is 5.09 Å². The fourth-order valence-electron chi connectivity index (χ4n) is 1.64. The minimum Gasteiger partial charge on any atom is -0.299 e. The van der Waals surface area contributed by atoms with Gasteiger partial charge in [0.1, 0.15) is 6.17 Å². The van der Waals surface area contributed by atoms with Gasteiger partial charge in [-0.25, -0.2) is 4.39 Å². The van der Waals surface area contributed by atoms with Crippen molar-refractivity contribution in [2.45, 2.75) is 25.4 Å². The maximum Gasteiger partial charge on any atom is 0.103 e. The van der Waals surface area contributed by atoms with Crippen LogP contribution in [0.25, 0.3) is 0 Å². The van der Waals surface area contributed by atoms with Crippen LogP contribution in [0, 0.1) is 5.92 Å². The lowest BCUT2D eigenvalue weighted by molar-refractivity contribution is 0.280. The van der Waals surface area contributed by atoms with E-state index in [1.807, 2.05) is 7.05 Å². The Morgan fingerprint density at radius 1 is 1.55 bits per heavy atom. The van der Waals surface area contributed by atoms with Gasteiger partial charge in [0.05, 0.1) is 0 Å². The largest absolute Gasteiger partial charge is 0.299 e. The first kappa shape index (κ1) is 9.41. The fourth-order valence-corrected chi connectivity index (χ4v) is 2.94. The van der Waals surface area contributed by atoms with E-state index in [1.165, 1.54) is 0 Å². The highest BCUT2D eigenvalue weighted by atomic mass is 31.1. The number of hydrogen-bond acceptors (Lipinski definition) is 1. The van der Waals surface area contributed by atoms with Gasteiger partial charge in [-0.1, -0.05) is 6.42 Å². The van der Waals surface area contributed by atoms with Crippen LogP contribution in [0.3, 0.4) is 0 Å². The van der Waals surface area contributed by atoms with E-state index in [9.17, 15) is 4.39 Å². The Bertz CT molecular complexity index is 121. The zero-order valence-corrected chi connectivity index (χ0v) is 8.20. The molecule has 0 amide bonds. The van der Waals surface area contributed by atoms with Gasteiger partial charge in [-0.05, 0) is 46.7 Å². The van der Waals surface area contributed by atoms with Crippen molar-refractivity contribution in [1.29, 1.82) is 0 Å². The third-order valence-electron chi connectivity index (χ3n) is 2.46. The second kappa shape index (κ2) is 4.37. The molecule has 0 heterocycles. The molecule has 0 aromatic rings. The second-order valence-electron chi connectivity index (χ2n) is 3.31. The van der Waals surface area contributed by atoms with Gasteiger partial charge < -0.3 is 0 Å². The van der Waals surface area contributed by atoms with Crippen LogP contribution in [0.2, 0.25) is 0 Å². The van der Waals surface area contributed by atoms with Crippen LogP contribution in [-0.4, -0.2) is 26.0 Å². The molecule has 1 N–H and O–H groups in total. The molecule has 0 aliphatic heterocycles. The predicted octanol–water partition coefficient (Wildman–Crippen LogP) is 2.37. The molecule has 11 heavy (non-hydrogen) atoms. The summed E-state index contributed by atoms with van der Waals surface area (Å²) in [6, 6.07) is 0. The SMILES string of the molecule is CNP(C)CC1CCCC1F. The molecule has 1 rings (SSSR count). The Kier molecular flexibility index (Phi) is 3.74. The van der Waals surface area contributed by atoms with E-state index >= 15 is 0 Å². The minimum absolute atomic E-state index is 0.106. The third-order valence-corrected chi connectivity index (χ3v) is 4.24. The van der Waals surface area contributed by atoms with Crippen molar-refractivity contribution >= 4 is 8.07 Å². The maximum atomic E-state index is 13.1. The molecule has 66 valence electrons. The molecule has 0 bridgehead atoms. The molecule has 3 unspecified atom stereocenters. The van der Waals surface area contributed by atoms with Gasteiger partial charge in [0.15, 0.2) is 0 Å². The summed E-state index contributed by atoms with van der Waals surface area (Å²) in [5.74, 6) is 0.360. The van der Waals surface area contributed by atoms with Crippen LogP contribution in [0.1, 0.15) is 19.3 Å². The van der Waals surface area contributed by atoms with Crippen LogP contribution in [0.5, 0.6) is 0 Å². The summed E-state index contributed by atoms with van der Waals surface area (Å²) >= 11 is 0. The van der Waals surface area contributed by atoms with Crippen molar-refractivity contribution in [2.24, 2.45) is 5.92 Å². The van der Waals surface area contributed by atoms with Gasteiger partial charge in [0.25, 0.3) is 0 Å². The molecule has 0 spiro atoms. The van der Waals surface area contributed by atoms with Crippen molar-refractivity contribution in [3.05, 3.63) is 0 Å². The molecule has 1 nitrogen and oxygen atoms in total. The molecule has 0 aromatic carbocycles. The fraction of sp³-hybridized carbons (Fsp3) is 1.00. The quantitative estimate of drug-likeness (QED) is 0.652. The first-order chi connectivity index (χ1) is 5.24. The lowest BCUT2D eigenvalue weighted by atomic mass is 10.1. The summed E-state index contributed by atoms with van der Waals surface area (Å²) < 4.78 is 13.1. The van der Waals surface area contributed by atoms with Crippen molar-refractivity contribution in [2.75, 3.05) is 19.9 Å². The smallest absolute Gasteiger partial charge is 0.103 e. The lowest BCUT2D eigenvalue weighted by Crippen LogP contribution is -2.15. The van der Waals surface area contributed by atoms with E-state index in [0.29, 0.717) is 5.92 Å². The molecule has 3 atom stereocenters. The van der Waals surface area contributed by atoms with Gasteiger partial charge in [-0.3, -0.25) is 5.09 Å². The first-order valence-corrected chi connectivity index (χ1v) is 6.24. The molecular formula is C8H17FNP. The molecule has 1 fully saturated rings. The Balaban J connectivity index is 2.24. The van der Waals surface area contributed by atoms with Gasteiger partial charge in [0, 0.05) is 0 Å². The van der Waals surface area contributed by atoms with Crippen LogP contribution in [0.15, 0.2) is 0 Å². The Morgan fingerprint density at radius 2 is 2.27 bits per heavy atom. The van der Waals surface area contributed by atoms with E-state index in [1.54, 1.807) is 0 Å². The van der Waals surface area contributed by atoms with Crippen molar-refractivity contribution < 1.29 is 4.39 Å². The van der Waals surface area contributed by atoms with Gasteiger partial charge in [-0.2, -0.15) is 0 Å². The van der Waals surface area contributed by atoms with E-state index in [4.69, 9.17) is 0 Å². The Labute approximate surface area is 69.6 Å². The average Bonchev–Trinajstić information content (AvgIpc) is 2.37. The van der Waals surface area contributed by atoms with Crippen LogP contribution in [-0.2, 0) is 0 Å². The minimum atomic E-state index is -0.506. The van der Waals surface area contributed by atoms with Gasteiger partial charge >= 0.3 is 0 Å². The number of rotatable bonds is 3. The average molecular weight is 177 g/mol. The van der Waals surface area contributed by atoms with Crippen molar-refractivity contribution in [3.8, 4) is 0 Å². The molecule has 0 saturated heterocycles. The van der Waals surface area contributed by atoms with Crippen LogP contribution in [0.4, 0.5) is 4.39 Å². The Morgan fingerprint density at radius 3 is 2.73 bits per heavy atom. The molecule has 1 aliphatic carbocycles. The zero-order valence-electron chi connectivity index (χ0n) is 7.31. The molecule has 3 heteroatoms. The van der Waals surface area contributed by atoms with Crippen LogP contribution >= 0.6 is 8.07 Å². The van der Waals surface area contributed by atoms with Crippen molar-refractivity contribution in [1.82, 2.24) is 5.09 Å². The molecule has 1 aliphatic rings. The maximum absolute atomic E-state index is 13.1. The predicted molar refractivity (Wildman–Crippen MR) is 49.0 cm³/mol. The summed E-state index contributed by atoms with van der Waals surface area (Å²) in [5.41, 5.74) is 0. The van der Waals surface area contributed by atoms with Gasteiger partial charge in [-0.15, -0.1) is 0 Å². The molecule has 1 saturated carbocycles. The molecule has 0 radical (unpaired) electrons. The summed E-state index contributed by atoms with van der Waals surface area (Å²) in [7, 11) is 1.86. The van der Waals surface area contributed by atoms with E-state index < -0.39 is 6.17 Å². The highest BCUT2D eigenvalue weighted by Crippen LogP contribution is 2.37. The van der Waals surface area contributed by atoms with E-state index in [-0.39, 0.29) is 8.07 Å². The highest BCUT2D eigenvalue weighted by Gasteiger charge is 2.27. The third kappa shape index (κ3) is 2.68. The number of alkyl halides is 1. The summed E-state index contributed by atoms with van der Waals surface area (Å²) in [6.07, 6.45) is 3.56. The molecular weight excluding hydrogens is 160 g/mol. The monoisotopic (exact) mass is 177 g/mol. The summed E-state index contributed by atoms with van der Waals surface area (Å²) in [6.45, 7) is 2.18. The van der Waals surface area contributed by atoms with Crippen molar-refractivity contribution in [3.63, 3.8) is 0 Å². The summed E-state index contributed by atoms with van der Waals surface area (Å²) in [5, 5.41) is 3.21. The topological polar surface area (TPSA) is 12.0 Å². The second-order valence-corrected chi connectivity index (χ2v) is 5.52. The normalized spacial score (nSPS) is 34.1. The summed E-state index contributed by atoms with van der Waals surface area (Å²) in [4.78, 5) is 0. The highest BCUT2D eigenvalue weighted by molar-refractivity contribution is 7.54. The Hall–Kier alpha value is 0.320. The lowest BCUT2D eigenvalue weighted by Gasteiger charge is -2.17. The molecule has 0 aromatic heterocycles.